The zero-order valence-electron chi connectivity index (χ0n) is 10.9. The second kappa shape index (κ2) is 6.97. The number of hydrogen-bond acceptors (Lipinski definition) is 3. The molecule has 0 spiro atoms. The van der Waals surface area contributed by atoms with Crippen molar-refractivity contribution in [2.24, 2.45) is 0 Å². The zero-order valence-corrected chi connectivity index (χ0v) is 14.7. The summed E-state index contributed by atoms with van der Waals surface area (Å²) in [5, 5.41) is 14.3. The van der Waals surface area contributed by atoms with Crippen molar-refractivity contribution in [2.75, 3.05) is 12.4 Å². The molecule has 112 valence electrons. The summed E-state index contributed by atoms with van der Waals surface area (Å²) in [5.74, 6) is 0.612. The van der Waals surface area contributed by atoms with Gasteiger partial charge in [-0.3, -0.25) is 0 Å². The molecule has 0 bridgehead atoms. The monoisotopic (exact) mass is 409 g/mol. The van der Waals surface area contributed by atoms with Gasteiger partial charge in [0.15, 0.2) is 5.75 Å². The maximum atomic E-state index is 9.94. The summed E-state index contributed by atoms with van der Waals surface area (Å²) >= 11 is 21.2. The number of benzene rings is 2. The van der Waals surface area contributed by atoms with Gasteiger partial charge in [0.25, 0.3) is 0 Å². The molecule has 0 saturated heterocycles. The highest BCUT2D eigenvalue weighted by molar-refractivity contribution is 9.10. The molecule has 0 unspecified atom stereocenters. The number of nitrogens with one attached hydrogen (secondary N) is 1. The van der Waals surface area contributed by atoms with Crippen LogP contribution in [0.1, 0.15) is 5.56 Å². The lowest BCUT2D eigenvalue weighted by Gasteiger charge is -2.14. The van der Waals surface area contributed by atoms with Crippen molar-refractivity contribution in [3.63, 3.8) is 0 Å². The number of methoxy groups -OCH3 is 1. The maximum absolute atomic E-state index is 9.94. The molecule has 2 aromatic rings. The minimum Gasteiger partial charge on any atom is -0.506 e. The number of halogens is 4. The van der Waals surface area contributed by atoms with Crippen molar-refractivity contribution < 1.29 is 9.84 Å². The number of phenols is 1. The third-order valence-electron chi connectivity index (χ3n) is 2.79. The fourth-order valence-corrected chi connectivity index (χ4v) is 3.35. The Kier molecular flexibility index (Phi) is 5.49. The average Bonchev–Trinajstić information content (AvgIpc) is 2.40. The van der Waals surface area contributed by atoms with Gasteiger partial charge in [0.05, 0.1) is 22.3 Å². The second-order valence-corrected chi connectivity index (χ2v) is 6.35. The number of rotatable bonds is 4. The first-order chi connectivity index (χ1) is 9.92. The van der Waals surface area contributed by atoms with Gasteiger partial charge in [-0.2, -0.15) is 0 Å². The molecule has 0 heterocycles. The molecular formula is C14H11BrCl3NO2. The standard InChI is InChI=1S/C14H11BrCl3NO2/c1-21-14-10(15)3-9(17)5-12(14)19-6-7-2-8(16)4-11(18)13(7)20/h2-5,19-20H,6H2,1H3. The summed E-state index contributed by atoms with van der Waals surface area (Å²) in [4.78, 5) is 0. The minimum atomic E-state index is -0.00590. The van der Waals surface area contributed by atoms with Gasteiger partial charge in [0, 0.05) is 22.2 Å². The molecule has 0 radical (unpaired) electrons. The van der Waals surface area contributed by atoms with E-state index in [1.54, 1.807) is 25.3 Å². The lowest BCUT2D eigenvalue weighted by atomic mass is 10.2. The highest BCUT2D eigenvalue weighted by atomic mass is 79.9. The third kappa shape index (κ3) is 3.89. The third-order valence-corrected chi connectivity index (χ3v) is 4.10. The van der Waals surface area contributed by atoms with Crippen LogP contribution >= 0.6 is 50.7 Å². The Morgan fingerprint density at radius 1 is 1.14 bits per heavy atom. The van der Waals surface area contributed by atoms with Crippen LogP contribution in [0, 0.1) is 0 Å². The first-order valence-corrected chi connectivity index (χ1v) is 7.79. The van der Waals surface area contributed by atoms with Gasteiger partial charge in [-0.1, -0.05) is 34.8 Å². The quantitative estimate of drug-likeness (QED) is 0.675. The summed E-state index contributed by atoms with van der Waals surface area (Å²) in [6, 6.07) is 6.59. The highest BCUT2D eigenvalue weighted by Gasteiger charge is 2.12. The van der Waals surface area contributed by atoms with Crippen LogP contribution in [0.4, 0.5) is 5.69 Å². The molecule has 2 aromatic carbocycles. The molecule has 0 aromatic heterocycles. The molecule has 0 aliphatic heterocycles. The van der Waals surface area contributed by atoms with Crippen LogP contribution in [0.5, 0.6) is 11.5 Å². The number of ether oxygens (including phenoxy) is 1. The molecule has 0 amide bonds. The Hall–Kier alpha value is -0.810. The van der Waals surface area contributed by atoms with Crippen LogP contribution in [-0.4, -0.2) is 12.2 Å². The SMILES string of the molecule is COc1c(Br)cc(Cl)cc1NCc1cc(Cl)cc(Cl)c1O. The first kappa shape index (κ1) is 16.6. The Morgan fingerprint density at radius 3 is 2.48 bits per heavy atom. The van der Waals surface area contributed by atoms with Crippen molar-refractivity contribution in [3.05, 3.63) is 49.4 Å². The number of anilines is 1. The van der Waals surface area contributed by atoms with Crippen molar-refractivity contribution in [2.45, 2.75) is 6.54 Å². The fourth-order valence-electron chi connectivity index (χ4n) is 1.84. The Balaban J connectivity index is 2.28. The smallest absolute Gasteiger partial charge is 0.156 e. The van der Waals surface area contributed by atoms with Crippen LogP contribution < -0.4 is 10.1 Å². The van der Waals surface area contributed by atoms with Gasteiger partial charge >= 0.3 is 0 Å². The van der Waals surface area contributed by atoms with Crippen LogP contribution in [-0.2, 0) is 6.54 Å². The molecule has 0 atom stereocenters. The van der Waals surface area contributed by atoms with Gasteiger partial charge in [-0.25, -0.2) is 0 Å². The van der Waals surface area contributed by atoms with Crippen molar-refractivity contribution in [3.8, 4) is 11.5 Å². The van der Waals surface area contributed by atoms with Crippen molar-refractivity contribution >= 4 is 56.4 Å². The van der Waals surface area contributed by atoms with Crippen LogP contribution in [0.25, 0.3) is 0 Å². The Morgan fingerprint density at radius 2 is 1.81 bits per heavy atom. The van der Waals surface area contributed by atoms with Crippen LogP contribution in [0.2, 0.25) is 15.1 Å². The molecule has 21 heavy (non-hydrogen) atoms. The fraction of sp³-hybridized carbons (Fsp3) is 0.143. The van der Waals surface area contributed by atoms with Gasteiger partial charge in [0.2, 0.25) is 0 Å². The summed E-state index contributed by atoms with van der Waals surface area (Å²) in [6.07, 6.45) is 0. The summed E-state index contributed by atoms with van der Waals surface area (Å²) in [7, 11) is 1.56. The molecule has 0 saturated carbocycles. The Labute approximate surface area is 145 Å². The van der Waals surface area contributed by atoms with E-state index in [4.69, 9.17) is 39.5 Å². The predicted molar refractivity (Wildman–Crippen MR) is 91.2 cm³/mol. The van der Waals surface area contributed by atoms with Crippen LogP contribution in [0.3, 0.4) is 0 Å². The molecule has 2 N–H and O–H groups in total. The van der Waals surface area contributed by atoms with E-state index in [1.165, 1.54) is 6.07 Å². The topological polar surface area (TPSA) is 41.5 Å². The minimum absolute atomic E-state index is 0.00590. The van der Waals surface area contributed by atoms with Gasteiger partial charge < -0.3 is 15.2 Å². The van der Waals surface area contributed by atoms with E-state index >= 15 is 0 Å². The number of aromatic hydroxyl groups is 1. The molecule has 3 nitrogen and oxygen atoms in total. The zero-order chi connectivity index (χ0) is 15.6. The van der Waals surface area contributed by atoms with E-state index in [2.05, 4.69) is 21.2 Å². The maximum Gasteiger partial charge on any atom is 0.156 e. The normalized spacial score (nSPS) is 10.5. The largest absolute Gasteiger partial charge is 0.506 e. The number of hydrogen-bond donors (Lipinski definition) is 2. The predicted octanol–water partition coefficient (Wildman–Crippen LogP) is 5.74. The van der Waals surface area contributed by atoms with E-state index in [-0.39, 0.29) is 10.8 Å². The van der Waals surface area contributed by atoms with E-state index < -0.39 is 0 Å². The average molecular weight is 412 g/mol. The highest BCUT2D eigenvalue weighted by Crippen LogP contribution is 2.37. The van der Waals surface area contributed by atoms with E-state index in [0.717, 1.165) is 4.47 Å². The molecular weight excluding hydrogens is 400 g/mol. The summed E-state index contributed by atoms with van der Waals surface area (Å²) in [6.45, 7) is 0.315. The van der Waals surface area contributed by atoms with Gasteiger partial charge in [-0.05, 0) is 40.2 Å². The molecule has 2 rings (SSSR count). The van der Waals surface area contributed by atoms with E-state index in [1.807, 2.05) is 0 Å². The lowest BCUT2D eigenvalue weighted by molar-refractivity contribution is 0.413. The first-order valence-electron chi connectivity index (χ1n) is 5.86. The van der Waals surface area contributed by atoms with Crippen LogP contribution in [0.15, 0.2) is 28.7 Å². The molecule has 0 fully saturated rings. The molecule has 0 aliphatic rings. The summed E-state index contributed by atoms with van der Waals surface area (Å²) < 4.78 is 6.04. The van der Waals surface area contributed by atoms with Gasteiger partial charge in [-0.15, -0.1) is 0 Å². The van der Waals surface area contributed by atoms with Crippen molar-refractivity contribution in [1.82, 2.24) is 0 Å². The summed E-state index contributed by atoms with van der Waals surface area (Å²) in [5.41, 5.74) is 1.26. The Bertz CT molecular complexity index is 680. The second-order valence-electron chi connectivity index (χ2n) is 4.22. The lowest BCUT2D eigenvalue weighted by Crippen LogP contribution is -2.02. The van der Waals surface area contributed by atoms with Gasteiger partial charge in [0.1, 0.15) is 5.75 Å². The number of phenolic OH excluding ortho intramolecular Hbond substituents is 1. The molecule has 7 heteroatoms. The van der Waals surface area contributed by atoms with E-state index in [9.17, 15) is 5.11 Å². The van der Waals surface area contributed by atoms with Crippen molar-refractivity contribution in [1.29, 1.82) is 0 Å². The van der Waals surface area contributed by atoms with E-state index in [0.29, 0.717) is 33.6 Å². The molecule has 0 aliphatic carbocycles.